The molecule has 1 aliphatic rings. The molecule has 1 aromatic heterocycles. The van der Waals surface area contributed by atoms with Gasteiger partial charge in [-0.15, -0.1) is 0 Å². The van der Waals surface area contributed by atoms with E-state index >= 15 is 0 Å². The van der Waals surface area contributed by atoms with Crippen molar-refractivity contribution in [2.45, 2.75) is 66.2 Å². The number of hydrogen-bond donors (Lipinski definition) is 0. The number of fused-ring (bicyclic) bond motifs is 1. The lowest BCUT2D eigenvalue weighted by Crippen LogP contribution is -2.23. The highest BCUT2D eigenvalue weighted by Gasteiger charge is 2.35. The molecule has 3 rings (SSSR count). The first kappa shape index (κ1) is 19.6. The summed E-state index contributed by atoms with van der Waals surface area (Å²) in [6.45, 7) is 13.1. The van der Waals surface area contributed by atoms with Gasteiger partial charge < -0.3 is 0 Å². The minimum atomic E-state index is -0.0388. The average Bonchev–Trinajstić information content (AvgIpc) is 3.01. The van der Waals surface area contributed by atoms with Gasteiger partial charge in [0.2, 0.25) is 0 Å². The van der Waals surface area contributed by atoms with E-state index in [9.17, 15) is 4.79 Å². The number of rotatable bonds is 3. The number of nitrogens with zero attached hydrogens (tertiary/aromatic N) is 2. The second kappa shape index (κ2) is 7.46. The van der Waals surface area contributed by atoms with Crippen molar-refractivity contribution in [2.24, 2.45) is 11.3 Å². The van der Waals surface area contributed by atoms with Gasteiger partial charge in [-0.25, -0.2) is 4.68 Å². The fraction of sp³-hybridized carbons (Fsp3) is 0.500. The Balaban J connectivity index is 2.19. The van der Waals surface area contributed by atoms with Crippen molar-refractivity contribution in [2.75, 3.05) is 0 Å². The molecular weight excluding hydrogens is 332 g/mol. The lowest BCUT2D eigenvalue weighted by Gasteiger charge is -2.30. The third-order valence-corrected chi connectivity index (χ3v) is 5.50. The third kappa shape index (κ3) is 4.07. The van der Waals surface area contributed by atoms with Gasteiger partial charge in [-0.05, 0) is 30.1 Å². The van der Waals surface area contributed by atoms with Crippen LogP contribution in [0.5, 0.6) is 0 Å². The number of aromatic nitrogens is 2. The molecule has 2 aromatic rings. The first-order valence-electron chi connectivity index (χ1n) is 10.1. The van der Waals surface area contributed by atoms with Crippen molar-refractivity contribution in [3.63, 3.8) is 0 Å². The summed E-state index contributed by atoms with van der Waals surface area (Å²) in [5.41, 5.74) is 4.43. The maximum absolute atomic E-state index is 13.1. The molecule has 27 heavy (non-hydrogen) atoms. The number of benzene rings is 1. The maximum Gasteiger partial charge on any atom is 0.270 e. The van der Waals surface area contributed by atoms with E-state index in [1.54, 1.807) is 10.8 Å². The van der Waals surface area contributed by atoms with Crippen LogP contribution in [0.4, 0.5) is 0 Å². The zero-order valence-electron chi connectivity index (χ0n) is 17.5. The number of allylic oxidation sites excluding steroid dienone is 2. The summed E-state index contributed by atoms with van der Waals surface area (Å²) in [5.74, 6) is 1.23. The smallest absolute Gasteiger partial charge is 0.267 e. The van der Waals surface area contributed by atoms with Crippen molar-refractivity contribution in [1.29, 1.82) is 0 Å². The SMILES string of the molecule is CC(C)[C@@H]1CC[C@@H](C)c2c(-c3ccccc3)nn(C(=O)/C=C\C(C)(C)C)c21. The monoisotopic (exact) mass is 364 g/mol. The Morgan fingerprint density at radius 2 is 1.85 bits per heavy atom. The Bertz CT molecular complexity index is 837. The molecule has 0 bridgehead atoms. The van der Waals surface area contributed by atoms with E-state index in [1.807, 2.05) is 24.3 Å². The van der Waals surface area contributed by atoms with Crippen LogP contribution in [-0.2, 0) is 0 Å². The molecule has 0 spiro atoms. The fourth-order valence-corrected chi connectivity index (χ4v) is 4.01. The van der Waals surface area contributed by atoms with Crippen LogP contribution in [-0.4, -0.2) is 15.7 Å². The fourth-order valence-electron chi connectivity index (χ4n) is 4.01. The standard InChI is InChI=1S/C24H32N2O/c1-16(2)19-13-12-17(3)21-22(18-10-8-7-9-11-18)25-26(23(19)21)20(27)14-15-24(4,5)6/h7-11,14-17,19H,12-13H2,1-6H3/b15-14-/t17-,19+/m1/s1. The summed E-state index contributed by atoms with van der Waals surface area (Å²) < 4.78 is 1.69. The lowest BCUT2D eigenvalue weighted by atomic mass is 9.75. The van der Waals surface area contributed by atoms with Crippen LogP contribution in [0.25, 0.3) is 11.3 Å². The van der Waals surface area contributed by atoms with E-state index in [2.05, 4.69) is 53.7 Å². The van der Waals surface area contributed by atoms with Crippen molar-refractivity contribution in [1.82, 2.24) is 9.78 Å². The minimum Gasteiger partial charge on any atom is -0.267 e. The number of carbonyl (C=O) groups is 1. The minimum absolute atomic E-state index is 0.0319. The molecule has 0 radical (unpaired) electrons. The van der Waals surface area contributed by atoms with Crippen LogP contribution in [0.1, 0.15) is 82.3 Å². The molecule has 1 aliphatic carbocycles. The van der Waals surface area contributed by atoms with Crippen molar-refractivity contribution < 1.29 is 4.79 Å². The van der Waals surface area contributed by atoms with Crippen molar-refractivity contribution >= 4 is 5.91 Å². The largest absolute Gasteiger partial charge is 0.270 e. The predicted molar refractivity (Wildman–Crippen MR) is 112 cm³/mol. The summed E-state index contributed by atoms with van der Waals surface area (Å²) in [6.07, 6.45) is 5.93. The summed E-state index contributed by atoms with van der Waals surface area (Å²) in [5, 5.41) is 4.86. The summed E-state index contributed by atoms with van der Waals surface area (Å²) >= 11 is 0. The molecular formula is C24H32N2O. The predicted octanol–water partition coefficient (Wildman–Crippen LogP) is 6.43. The molecule has 0 saturated carbocycles. The van der Waals surface area contributed by atoms with Gasteiger partial charge in [-0.2, -0.15) is 5.10 Å². The molecule has 144 valence electrons. The van der Waals surface area contributed by atoms with Crippen LogP contribution in [0.3, 0.4) is 0 Å². The molecule has 3 nitrogen and oxygen atoms in total. The Morgan fingerprint density at radius 3 is 2.44 bits per heavy atom. The quantitative estimate of drug-likeness (QED) is 0.588. The molecule has 0 aliphatic heterocycles. The summed E-state index contributed by atoms with van der Waals surface area (Å²) in [4.78, 5) is 13.1. The van der Waals surface area contributed by atoms with Gasteiger partial charge in [0.25, 0.3) is 5.91 Å². The molecule has 0 N–H and O–H groups in total. The van der Waals surface area contributed by atoms with Gasteiger partial charge in [-0.1, -0.05) is 78.0 Å². The summed E-state index contributed by atoms with van der Waals surface area (Å²) in [6, 6.07) is 10.3. The van der Waals surface area contributed by atoms with Gasteiger partial charge in [0, 0.05) is 23.1 Å². The van der Waals surface area contributed by atoms with Gasteiger partial charge >= 0.3 is 0 Å². The highest BCUT2D eigenvalue weighted by atomic mass is 16.2. The molecule has 0 saturated heterocycles. The van der Waals surface area contributed by atoms with Crippen molar-refractivity contribution in [3.05, 3.63) is 53.7 Å². The first-order valence-corrected chi connectivity index (χ1v) is 10.1. The Morgan fingerprint density at radius 1 is 1.19 bits per heavy atom. The van der Waals surface area contributed by atoms with Gasteiger partial charge in [-0.3, -0.25) is 4.79 Å². The molecule has 1 heterocycles. The third-order valence-electron chi connectivity index (χ3n) is 5.50. The van der Waals surface area contributed by atoms with E-state index < -0.39 is 0 Å². The van der Waals surface area contributed by atoms with E-state index in [0.29, 0.717) is 17.8 Å². The lowest BCUT2D eigenvalue weighted by molar-refractivity contribution is 0.0945. The Labute approximate surface area is 163 Å². The number of carbonyl (C=O) groups excluding carboxylic acids is 1. The molecule has 1 aromatic carbocycles. The van der Waals surface area contributed by atoms with Crippen LogP contribution >= 0.6 is 0 Å². The maximum atomic E-state index is 13.1. The zero-order chi connectivity index (χ0) is 19.8. The highest BCUT2D eigenvalue weighted by molar-refractivity contribution is 5.91. The van der Waals surface area contributed by atoms with Crippen LogP contribution in [0.2, 0.25) is 0 Å². The molecule has 3 heteroatoms. The highest BCUT2D eigenvalue weighted by Crippen LogP contribution is 2.46. The summed E-state index contributed by atoms with van der Waals surface area (Å²) in [7, 11) is 0. The van der Waals surface area contributed by atoms with Crippen LogP contribution in [0.15, 0.2) is 42.5 Å². The zero-order valence-corrected chi connectivity index (χ0v) is 17.5. The normalized spacial score (nSPS) is 20.3. The van der Waals surface area contributed by atoms with Crippen LogP contribution in [0, 0.1) is 11.3 Å². The van der Waals surface area contributed by atoms with E-state index in [1.165, 1.54) is 5.56 Å². The Hall–Kier alpha value is -2.16. The molecule has 0 fully saturated rings. The topological polar surface area (TPSA) is 34.9 Å². The number of hydrogen-bond acceptors (Lipinski definition) is 2. The van der Waals surface area contributed by atoms with E-state index in [-0.39, 0.29) is 11.3 Å². The molecule has 2 atom stereocenters. The van der Waals surface area contributed by atoms with Crippen LogP contribution < -0.4 is 0 Å². The molecule has 0 amide bonds. The average molecular weight is 365 g/mol. The van der Waals surface area contributed by atoms with E-state index in [4.69, 9.17) is 5.10 Å². The van der Waals surface area contributed by atoms with Gasteiger partial charge in [0.1, 0.15) is 0 Å². The van der Waals surface area contributed by atoms with Gasteiger partial charge in [0.05, 0.1) is 11.4 Å². The van der Waals surface area contributed by atoms with Gasteiger partial charge in [0.15, 0.2) is 0 Å². The van der Waals surface area contributed by atoms with Crippen molar-refractivity contribution in [3.8, 4) is 11.3 Å². The second-order valence-corrected chi connectivity index (χ2v) is 9.29. The Kier molecular flexibility index (Phi) is 5.41. The van der Waals surface area contributed by atoms with E-state index in [0.717, 1.165) is 29.8 Å². The second-order valence-electron chi connectivity index (χ2n) is 9.29. The molecule has 0 unspecified atom stereocenters. The first-order chi connectivity index (χ1) is 12.7.